The molecule has 2 aromatic heterocycles. The number of aliphatic hydroxyl groups excluding tert-OH is 1. The van der Waals surface area contributed by atoms with E-state index in [1.165, 1.54) is 17.9 Å². The van der Waals surface area contributed by atoms with E-state index in [0.717, 1.165) is 4.47 Å². The summed E-state index contributed by atoms with van der Waals surface area (Å²) in [7, 11) is 3.23. The summed E-state index contributed by atoms with van der Waals surface area (Å²) in [4.78, 5) is 10.1. The van der Waals surface area contributed by atoms with Crippen molar-refractivity contribution in [2.24, 2.45) is 14.1 Å². The van der Waals surface area contributed by atoms with E-state index < -0.39 is 18.0 Å². The van der Waals surface area contributed by atoms with Gasteiger partial charge in [0, 0.05) is 26.5 Å². The van der Waals surface area contributed by atoms with Gasteiger partial charge in [-0.1, -0.05) is 0 Å². The molecule has 0 saturated heterocycles. The number of halogens is 5. The summed E-state index contributed by atoms with van der Waals surface area (Å²) in [6.45, 7) is 0. The maximum absolute atomic E-state index is 12.0. The third-order valence-corrected chi connectivity index (χ3v) is 3.52. The summed E-state index contributed by atoms with van der Waals surface area (Å²) < 4.78 is 39.7. The lowest BCUT2D eigenvalue weighted by molar-refractivity contribution is -0.208. The van der Waals surface area contributed by atoms with E-state index in [1.807, 2.05) is 0 Å². The van der Waals surface area contributed by atoms with E-state index in [1.54, 1.807) is 17.9 Å². The van der Waals surface area contributed by atoms with Gasteiger partial charge >= 0.3 is 6.18 Å². The first-order valence-corrected chi connectivity index (χ1v) is 7.23. The van der Waals surface area contributed by atoms with Crippen molar-refractivity contribution >= 4 is 38.1 Å². The van der Waals surface area contributed by atoms with Crippen molar-refractivity contribution in [2.75, 3.05) is 0 Å². The molecule has 0 saturated carbocycles. The number of rotatable bonds is 2. The average molecular weight is 448 g/mol. The molecular weight excluding hydrogens is 437 g/mol. The van der Waals surface area contributed by atoms with Gasteiger partial charge in [-0.3, -0.25) is 14.2 Å². The Bertz CT molecular complexity index is 654. The van der Waals surface area contributed by atoms with E-state index in [0.29, 0.717) is 12.0 Å². The van der Waals surface area contributed by atoms with E-state index in [-0.39, 0.29) is 4.47 Å². The minimum Gasteiger partial charge on any atom is -0.378 e. The minimum atomic E-state index is -4.68. The molecule has 0 amide bonds. The van der Waals surface area contributed by atoms with Crippen LogP contribution in [0.15, 0.2) is 21.3 Å². The Kier molecular flexibility index (Phi) is 6.32. The maximum Gasteiger partial charge on any atom is 0.420 e. The van der Waals surface area contributed by atoms with Crippen molar-refractivity contribution in [1.82, 2.24) is 19.6 Å². The minimum absolute atomic E-state index is 0.139. The van der Waals surface area contributed by atoms with Crippen molar-refractivity contribution in [2.45, 2.75) is 12.3 Å². The number of aldehydes is 1. The normalized spacial score (nSPS) is 12.5. The lowest BCUT2D eigenvalue weighted by Gasteiger charge is -2.11. The van der Waals surface area contributed by atoms with Crippen molar-refractivity contribution in [3.63, 3.8) is 0 Å². The Morgan fingerprint density at radius 1 is 1.18 bits per heavy atom. The predicted octanol–water partition coefficient (Wildman–Crippen LogP) is 2.77. The van der Waals surface area contributed by atoms with E-state index >= 15 is 0 Å². The highest BCUT2D eigenvalue weighted by molar-refractivity contribution is 9.10. The standard InChI is InChI=1S/C6H6BrF3N2O.C5H5BrN2O/c1-12-2-3(7)4(11-12)5(13)6(8,9)10;1-8-2-4(6)5(3-9)7-8/h2,5,13H,1H3;2-3H,1H3. The molecule has 11 heteroatoms. The van der Waals surface area contributed by atoms with Crippen LogP contribution in [-0.4, -0.2) is 37.1 Å². The molecule has 0 aliphatic rings. The van der Waals surface area contributed by atoms with Gasteiger partial charge < -0.3 is 5.11 Å². The molecule has 1 N–H and O–H groups in total. The molecular formula is C11H11Br2F3N4O2. The number of carbonyl (C=O) groups excluding carboxylic acids is 1. The average Bonchev–Trinajstić information content (AvgIpc) is 2.89. The third kappa shape index (κ3) is 4.92. The quantitative estimate of drug-likeness (QED) is 0.718. The zero-order chi connectivity index (χ0) is 17.1. The number of nitrogens with zero attached hydrogens (tertiary/aromatic N) is 4. The fourth-order valence-corrected chi connectivity index (χ4v) is 2.44. The summed E-state index contributed by atoms with van der Waals surface area (Å²) in [6, 6.07) is 0. The molecule has 1 unspecified atom stereocenters. The number of hydrogen-bond donors (Lipinski definition) is 1. The summed E-state index contributed by atoms with van der Waals surface area (Å²) in [5, 5.41) is 16.1. The molecule has 0 spiro atoms. The van der Waals surface area contributed by atoms with Crippen LogP contribution in [0.25, 0.3) is 0 Å². The Morgan fingerprint density at radius 3 is 1.95 bits per heavy atom. The molecule has 2 heterocycles. The Balaban J connectivity index is 0.000000235. The molecule has 0 fully saturated rings. The Morgan fingerprint density at radius 2 is 1.68 bits per heavy atom. The largest absolute Gasteiger partial charge is 0.420 e. The van der Waals surface area contributed by atoms with E-state index in [2.05, 4.69) is 42.1 Å². The highest BCUT2D eigenvalue weighted by atomic mass is 79.9. The molecule has 1 atom stereocenters. The van der Waals surface area contributed by atoms with Crippen molar-refractivity contribution in [1.29, 1.82) is 0 Å². The number of hydrogen-bond acceptors (Lipinski definition) is 4. The summed E-state index contributed by atoms with van der Waals surface area (Å²) >= 11 is 6.03. The van der Waals surface area contributed by atoms with Crippen LogP contribution in [0.1, 0.15) is 22.3 Å². The van der Waals surface area contributed by atoms with Gasteiger partial charge in [0.25, 0.3) is 0 Å². The first kappa shape index (κ1) is 18.8. The smallest absolute Gasteiger partial charge is 0.378 e. The van der Waals surface area contributed by atoms with E-state index in [4.69, 9.17) is 5.11 Å². The van der Waals surface area contributed by atoms with Crippen LogP contribution >= 0.6 is 31.9 Å². The molecule has 22 heavy (non-hydrogen) atoms. The van der Waals surface area contributed by atoms with Crippen LogP contribution in [0.2, 0.25) is 0 Å². The van der Waals surface area contributed by atoms with Crippen molar-refractivity contribution in [3.05, 3.63) is 32.7 Å². The Labute approximate surface area is 140 Å². The summed E-state index contributed by atoms with van der Waals surface area (Å²) in [5.41, 5.74) is 0.0208. The fourth-order valence-electron chi connectivity index (χ4n) is 1.37. The SMILES string of the molecule is Cn1cc(Br)c(C(O)C(F)(F)F)n1.Cn1cc(Br)c(C=O)n1. The third-order valence-electron chi connectivity index (χ3n) is 2.30. The van der Waals surface area contributed by atoms with Crippen molar-refractivity contribution in [3.8, 4) is 0 Å². The van der Waals surface area contributed by atoms with Gasteiger partial charge in [0.2, 0.25) is 0 Å². The van der Waals surface area contributed by atoms with Crippen molar-refractivity contribution < 1.29 is 23.1 Å². The molecule has 6 nitrogen and oxygen atoms in total. The number of alkyl halides is 3. The number of aliphatic hydroxyl groups is 1. The highest BCUT2D eigenvalue weighted by Gasteiger charge is 2.42. The monoisotopic (exact) mass is 446 g/mol. The van der Waals surface area contributed by atoms with Gasteiger partial charge in [-0.05, 0) is 31.9 Å². The van der Waals surface area contributed by atoms with Crippen LogP contribution < -0.4 is 0 Å². The zero-order valence-electron chi connectivity index (χ0n) is 11.3. The lowest BCUT2D eigenvalue weighted by atomic mass is 10.2. The molecule has 122 valence electrons. The van der Waals surface area contributed by atoms with Crippen LogP contribution in [0, 0.1) is 0 Å². The summed E-state index contributed by atoms with van der Waals surface area (Å²) in [6.07, 6.45) is -3.45. The molecule has 0 aliphatic heterocycles. The second-order valence-electron chi connectivity index (χ2n) is 4.13. The molecule has 2 rings (SSSR count). The molecule has 2 aromatic rings. The van der Waals surface area contributed by atoms with Gasteiger partial charge in [-0.2, -0.15) is 23.4 Å². The molecule has 0 bridgehead atoms. The first-order chi connectivity index (χ1) is 10.1. The van der Waals surface area contributed by atoms with Gasteiger partial charge in [0.15, 0.2) is 12.4 Å². The highest BCUT2D eigenvalue weighted by Crippen LogP contribution is 2.34. The number of aryl methyl sites for hydroxylation is 2. The second-order valence-corrected chi connectivity index (χ2v) is 5.84. The predicted molar refractivity (Wildman–Crippen MR) is 78.2 cm³/mol. The van der Waals surface area contributed by atoms with Gasteiger partial charge in [-0.25, -0.2) is 0 Å². The second kappa shape index (κ2) is 7.38. The van der Waals surface area contributed by atoms with Crippen LogP contribution in [-0.2, 0) is 14.1 Å². The fraction of sp³-hybridized carbons (Fsp3) is 0.364. The Hall–Kier alpha value is -1.20. The van der Waals surface area contributed by atoms with Gasteiger partial charge in [0.1, 0.15) is 11.4 Å². The van der Waals surface area contributed by atoms with E-state index in [9.17, 15) is 18.0 Å². The number of aromatic nitrogens is 4. The molecule has 0 radical (unpaired) electrons. The topological polar surface area (TPSA) is 72.9 Å². The van der Waals surface area contributed by atoms with Crippen LogP contribution in [0.5, 0.6) is 0 Å². The summed E-state index contributed by atoms with van der Waals surface area (Å²) in [5.74, 6) is 0. The van der Waals surface area contributed by atoms with Crippen LogP contribution in [0.3, 0.4) is 0 Å². The molecule has 0 aromatic carbocycles. The van der Waals surface area contributed by atoms with Gasteiger partial charge in [-0.15, -0.1) is 0 Å². The number of carbonyl (C=O) groups is 1. The lowest BCUT2D eigenvalue weighted by Crippen LogP contribution is -2.21. The van der Waals surface area contributed by atoms with Crippen LogP contribution in [0.4, 0.5) is 13.2 Å². The first-order valence-electron chi connectivity index (χ1n) is 5.64. The molecule has 0 aliphatic carbocycles. The maximum atomic E-state index is 12.0. The zero-order valence-corrected chi connectivity index (χ0v) is 14.5. The van der Waals surface area contributed by atoms with Gasteiger partial charge in [0.05, 0.1) is 8.95 Å².